The quantitative estimate of drug-likeness (QED) is 0.0317. The van der Waals surface area contributed by atoms with Crippen molar-refractivity contribution in [2.24, 2.45) is 11.5 Å². The summed E-state index contributed by atoms with van der Waals surface area (Å²) >= 11 is 0. The van der Waals surface area contributed by atoms with Gasteiger partial charge in [-0.2, -0.15) is 16.8 Å². The van der Waals surface area contributed by atoms with Gasteiger partial charge in [0, 0.05) is 40.0 Å². The van der Waals surface area contributed by atoms with Crippen molar-refractivity contribution in [3.05, 3.63) is 101 Å². The molecular formula is C42H54N4O16S2. The predicted molar refractivity (Wildman–Crippen MR) is 238 cm³/mol. The molecule has 11 N–H and O–H groups in total. The monoisotopic (exact) mass is 934 g/mol. The second kappa shape index (κ2) is 24.6. The van der Waals surface area contributed by atoms with Crippen LogP contribution in [-0.4, -0.2) is 125 Å². The summed E-state index contributed by atoms with van der Waals surface area (Å²) in [6.45, 7) is 0.203. The van der Waals surface area contributed by atoms with E-state index < -0.39 is 50.7 Å². The Morgan fingerprint density at radius 3 is 1.55 bits per heavy atom. The lowest BCUT2D eigenvalue weighted by Crippen LogP contribution is -2.47. The van der Waals surface area contributed by atoms with Crippen LogP contribution in [0.1, 0.15) is 41.5 Å². The zero-order chi connectivity index (χ0) is 47.5. The first-order chi connectivity index (χ1) is 30.3. The van der Waals surface area contributed by atoms with E-state index in [4.69, 9.17) is 74.8 Å². The van der Waals surface area contributed by atoms with Crippen molar-refractivity contribution in [1.29, 1.82) is 10.8 Å². The highest BCUT2D eigenvalue weighted by atomic mass is 32.2. The number of nitrogens with one attached hydrogen (secondary N) is 2. The molecule has 64 heavy (non-hydrogen) atoms. The van der Waals surface area contributed by atoms with E-state index in [2.05, 4.69) is 0 Å². The van der Waals surface area contributed by atoms with Gasteiger partial charge in [-0.15, -0.1) is 0 Å². The summed E-state index contributed by atoms with van der Waals surface area (Å²) in [5.41, 5.74) is 14.4. The second-order valence-corrected chi connectivity index (χ2v) is 16.6. The predicted octanol–water partition coefficient (Wildman–Crippen LogP) is 3.34. The fraction of sp³-hybridized carbons (Fsp3) is 0.333. The van der Waals surface area contributed by atoms with E-state index in [0.717, 1.165) is 36.3 Å². The molecular weight excluding hydrogens is 881 g/mol. The first-order valence-electron chi connectivity index (χ1n) is 19.2. The van der Waals surface area contributed by atoms with Gasteiger partial charge >= 0.3 is 0 Å². The Morgan fingerprint density at radius 1 is 0.672 bits per heavy atom. The fourth-order valence-electron chi connectivity index (χ4n) is 5.57. The maximum Gasteiger partial charge on any atom is 0.270 e. The van der Waals surface area contributed by atoms with E-state index in [1.54, 1.807) is 63.8 Å². The van der Waals surface area contributed by atoms with Crippen molar-refractivity contribution < 1.29 is 74.4 Å². The van der Waals surface area contributed by atoms with E-state index >= 15 is 0 Å². The largest absolute Gasteiger partial charge is 0.497 e. The summed E-state index contributed by atoms with van der Waals surface area (Å²) in [5.74, 6) is 1.87. The number of benzene rings is 4. The third-order valence-corrected chi connectivity index (χ3v) is 10.2. The number of methoxy groups -OCH3 is 3. The van der Waals surface area contributed by atoms with Crippen LogP contribution in [0.5, 0.6) is 40.2 Å². The van der Waals surface area contributed by atoms with Crippen LogP contribution in [-0.2, 0) is 20.2 Å². The molecule has 4 aromatic carbocycles. The molecule has 6 rings (SSSR count). The summed E-state index contributed by atoms with van der Waals surface area (Å²) in [4.78, 5) is 0. The Morgan fingerprint density at radius 2 is 1.14 bits per heavy atom. The van der Waals surface area contributed by atoms with Gasteiger partial charge in [-0.3, -0.25) is 19.9 Å². The Hall–Kier alpha value is -6.14. The minimum atomic E-state index is -3.92. The average molecular weight is 935 g/mol. The van der Waals surface area contributed by atoms with E-state index in [-0.39, 0.29) is 18.3 Å². The number of aliphatic hydroxyl groups excluding tert-OH is 2. The van der Waals surface area contributed by atoms with Crippen LogP contribution in [0, 0.1) is 10.8 Å². The van der Waals surface area contributed by atoms with Crippen LogP contribution in [0.4, 0.5) is 0 Å². The molecule has 0 saturated carbocycles. The zero-order valence-electron chi connectivity index (χ0n) is 35.4. The SMILES string of the molecule is COc1ccc2c(c1)OC1(O)COc3cc(OC)c(OC)cc3C1=C2.N=C(N)c1ccc(OCCCCCOc2ccc(C(=N)N)cc2)cc1.O=S(=O)(O)CCO.O=S(=O)(O)CCO. The van der Waals surface area contributed by atoms with E-state index in [1.165, 1.54) is 0 Å². The number of aliphatic hydroxyl groups is 3. The third kappa shape index (κ3) is 16.9. The van der Waals surface area contributed by atoms with Crippen molar-refractivity contribution in [3.63, 3.8) is 0 Å². The molecule has 0 aliphatic carbocycles. The molecule has 350 valence electrons. The highest BCUT2D eigenvalue weighted by molar-refractivity contribution is 7.86. The highest BCUT2D eigenvalue weighted by Gasteiger charge is 2.44. The summed E-state index contributed by atoms with van der Waals surface area (Å²) < 4.78 is 93.0. The van der Waals surface area contributed by atoms with Crippen molar-refractivity contribution in [1.82, 2.24) is 0 Å². The van der Waals surface area contributed by atoms with Gasteiger partial charge in [-0.05, 0) is 92.1 Å². The fourth-order valence-corrected chi connectivity index (χ4v) is 6.03. The number of hydrogen-bond donors (Lipinski definition) is 9. The van der Waals surface area contributed by atoms with Crippen LogP contribution < -0.4 is 44.6 Å². The molecule has 2 aliphatic heterocycles. The van der Waals surface area contributed by atoms with Crippen molar-refractivity contribution in [3.8, 4) is 40.2 Å². The zero-order valence-corrected chi connectivity index (χ0v) is 37.0. The van der Waals surface area contributed by atoms with Gasteiger partial charge in [0.2, 0.25) is 0 Å². The molecule has 0 bridgehead atoms. The summed E-state index contributed by atoms with van der Waals surface area (Å²) in [6.07, 6.45) is 4.80. The molecule has 0 saturated heterocycles. The van der Waals surface area contributed by atoms with Crippen LogP contribution in [0.2, 0.25) is 0 Å². The number of fused-ring (bicyclic) bond motifs is 4. The molecule has 1 atom stereocenters. The number of nitrogen functional groups attached to an aromatic ring is 2. The molecule has 0 fully saturated rings. The number of amidine groups is 2. The molecule has 0 radical (unpaired) electrons. The maximum absolute atomic E-state index is 11.0. The van der Waals surface area contributed by atoms with Crippen LogP contribution in [0.15, 0.2) is 78.9 Å². The lowest BCUT2D eigenvalue weighted by molar-refractivity contribution is -0.116. The molecule has 1 unspecified atom stereocenters. The Balaban J connectivity index is 0.000000263. The lowest BCUT2D eigenvalue weighted by Gasteiger charge is -2.39. The number of hydrogen-bond acceptors (Lipinski definition) is 16. The van der Waals surface area contributed by atoms with Gasteiger partial charge in [0.05, 0.1) is 59.3 Å². The van der Waals surface area contributed by atoms with Crippen molar-refractivity contribution in [2.75, 3.05) is 65.9 Å². The molecule has 2 aliphatic rings. The average Bonchev–Trinajstić information content (AvgIpc) is 3.24. The minimum absolute atomic E-state index is 0.0298. The van der Waals surface area contributed by atoms with E-state index in [9.17, 15) is 21.9 Å². The van der Waals surface area contributed by atoms with Crippen LogP contribution in [0.3, 0.4) is 0 Å². The Bertz CT molecular complexity index is 2320. The van der Waals surface area contributed by atoms with Gasteiger partial charge in [0.15, 0.2) is 18.1 Å². The summed E-state index contributed by atoms with van der Waals surface area (Å²) in [6, 6.07) is 23.4. The number of rotatable bonds is 17. The molecule has 20 nitrogen and oxygen atoms in total. The van der Waals surface area contributed by atoms with Crippen LogP contribution in [0.25, 0.3) is 11.6 Å². The van der Waals surface area contributed by atoms with Gasteiger partial charge in [-0.1, -0.05) is 0 Å². The van der Waals surface area contributed by atoms with Gasteiger partial charge < -0.3 is 59.9 Å². The normalized spacial score (nSPS) is 14.4. The van der Waals surface area contributed by atoms with Gasteiger partial charge in [0.25, 0.3) is 26.0 Å². The topological polar surface area (TPSA) is 334 Å². The first-order valence-corrected chi connectivity index (χ1v) is 22.5. The number of unbranched alkanes of at least 4 members (excludes halogenated alkanes) is 2. The Kier molecular flexibility index (Phi) is 20.1. The number of nitrogens with two attached hydrogens (primary N) is 2. The first kappa shape index (κ1) is 52.2. The number of ether oxygens (including phenoxy) is 7. The van der Waals surface area contributed by atoms with Gasteiger partial charge in [0.1, 0.15) is 40.4 Å². The van der Waals surface area contributed by atoms with Crippen molar-refractivity contribution >= 4 is 43.6 Å². The molecule has 0 spiro atoms. The van der Waals surface area contributed by atoms with E-state index in [0.29, 0.717) is 64.2 Å². The molecule has 22 heteroatoms. The minimum Gasteiger partial charge on any atom is -0.497 e. The molecule has 4 aromatic rings. The van der Waals surface area contributed by atoms with E-state index in [1.807, 2.05) is 42.5 Å². The maximum atomic E-state index is 11.0. The Labute approximate surface area is 371 Å². The smallest absolute Gasteiger partial charge is 0.270 e. The molecule has 0 amide bonds. The molecule has 2 heterocycles. The third-order valence-electron chi connectivity index (χ3n) is 8.77. The summed E-state index contributed by atoms with van der Waals surface area (Å²) in [5, 5.41) is 41.4. The lowest BCUT2D eigenvalue weighted by atomic mass is 9.90. The highest BCUT2D eigenvalue weighted by Crippen LogP contribution is 2.49. The standard InChI is InChI=1S/C19H24N4O2.C19H18O6.2C2H6O4S/c20-18(21)14-4-8-16(9-5-14)24-12-2-1-3-13-25-17-10-6-15(7-11-17)19(22)23;1-21-12-5-4-11-6-14-13-8-17(22-2)18(23-3)9-16(13)24-10-19(14,20)25-15(11)7-12;2*3-1-2-7(4,5)6/h4-11H,1-3,12-13H2,(H3,20,21)(H3,22,23);4-9,20H,10H2,1-3H3;2*3H,1-2H2,(H,4,5,6). The van der Waals surface area contributed by atoms with Crippen molar-refractivity contribution in [2.45, 2.75) is 25.0 Å². The second-order valence-electron chi connectivity index (χ2n) is 13.5. The summed E-state index contributed by atoms with van der Waals surface area (Å²) in [7, 11) is -3.14. The van der Waals surface area contributed by atoms with Crippen LogP contribution >= 0.6 is 0 Å². The molecule has 0 aromatic heterocycles. The van der Waals surface area contributed by atoms with Gasteiger partial charge in [-0.25, -0.2) is 0 Å².